The van der Waals surface area contributed by atoms with E-state index in [4.69, 9.17) is 38.8 Å². The number of ether oxygens (including phenoxy) is 1. The molecule has 1 aliphatic rings. The number of anilines is 2. The van der Waals surface area contributed by atoms with E-state index in [0.717, 1.165) is 6.07 Å². The molecule has 5 N–H and O–H groups in total. The van der Waals surface area contributed by atoms with Crippen LogP contribution in [0.5, 0.6) is 5.75 Å². The number of amides is 2. The minimum atomic E-state index is -1.20. The highest BCUT2D eigenvalue weighted by atomic mass is 35.5. The van der Waals surface area contributed by atoms with Crippen LogP contribution in [0.2, 0.25) is 10.0 Å². The minimum absolute atomic E-state index is 0.0253. The lowest BCUT2D eigenvalue weighted by molar-refractivity contribution is 0.0652. The zero-order chi connectivity index (χ0) is 29.7. The van der Waals surface area contributed by atoms with Crippen LogP contribution in [-0.4, -0.2) is 64.5 Å². The smallest absolute Gasteiger partial charge is 0.278 e. The van der Waals surface area contributed by atoms with Crippen molar-refractivity contribution < 1.29 is 23.8 Å². The molecule has 1 aromatic heterocycles. The fraction of sp³-hybridized carbons (Fsp3) is 0.259. The molecule has 1 fully saturated rings. The highest BCUT2D eigenvalue weighted by Crippen LogP contribution is 2.35. The van der Waals surface area contributed by atoms with Crippen molar-refractivity contribution in [2.24, 2.45) is 0 Å². The molecule has 0 spiro atoms. The fourth-order valence-corrected chi connectivity index (χ4v) is 4.79. The molecular formula is C27H25BCl2FN6O4. The van der Waals surface area contributed by atoms with Gasteiger partial charge in [-0.05, 0) is 50.2 Å². The Hall–Kier alpha value is -4.05. The van der Waals surface area contributed by atoms with Gasteiger partial charge in [-0.3, -0.25) is 9.59 Å². The van der Waals surface area contributed by atoms with E-state index in [-0.39, 0.29) is 44.3 Å². The molecule has 1 saturated heterocycles. The number of halogens is 3. The van der Waals surface area contributed by atoms with Crippen LogP contribution in [0, 0.1) is 17.7 Å². The predicted octanol–water partition coefficient (Wildman–Crippen LogP) is 3.65. The van der Waals surface area contributed by atoms with E-state index in [0.29, 0.717) is 30.9 Å². The summed E-state index contributed by atoms with van der Waals surface area (Å²) in [4.78, 5) is 27.7. The van der Waals surface area contributed by atoms with Crippen molar-refractivity contribution in [3.63, 3.8) is 0 Å². The van der Waals surface area contributed by atoms with Gasteiger partial charge in [-0.25, -0.2) is 4.39 Å². The molecule has 1 aliphatic heterocycles. The zero-order valence-corrected chi connectivity index (χ0v) is 23.6. The summed E-state index contributed by atoms with van der Waals surface area (Å²) in [5.74, 6) is 0.533. The van der Waals surface area contributed by atoms with Crippen LogP contribution in [-0.2, 0) is 0 Å². The number of piperazine rings is 1. The number of rotatable bonds is 7. The van der Waals surface area contributed by atoms with Crippen LogP contribution in [0.15, 0.2) is 42.5 Å². The Morgan fingerprint density at radius 3 is 2.66 bits per heavy atom. The van der Waals surface area contributed by atoms with E-state index in [9.17, 15) is 14.0 Å². The second-order valence-corrected chi connectivity index (χ2v) is 10.6. The van der Waals surface area contributed by atoms with Crippen LogP contribution in [0.1, 0.15) is 46.3 Å². The summed E-state index contributed by atoms with van der Waals surface area (Å²) in [6.07, 6.45) is 1.70. The summed E-state index contributed by atoms with van der Waals surface area (Å²) in [5.41, 5.74) is 6.52. The van der Waals surface area contributed by atoms with Crippen molar-refractivity contribution in [3.8, 4) is 17.7 Å². The third-order valence-corrected chi connectivity index (χ3v) is 6.90. The maximum Gasteiger partial charge on any atom is 0.278 e. The van der Waals surface area contributed by atoms with Crippen LogP contribution in [0.3, 0.4) is 0 Å². The Bertz CT molecular complexity index is 1530. The van der Waals surface area contributed by atoms with E-state index in [1.54, 1.807) is 35.3 Å². The third-order valence-electron chi connectivity index (χ3n) is 6.18. The first-order chi connectivity index (χ1) is 19.5. The summed E-state index contributed by atoms with van der Waals surface area (Å²) >= 11 is 12.3. The molecule has 2 aromatic carbocycles. The number of carbonyl (C=O) groups excluding carboxylic acids is 2. The van der Waals surface area contributed by atoms with Crippen LogP contribution < -0.4 is 21.1 Å². The van der Waals surface area contributed by atoms with E-state index in [2.05, 4.69) is 26.7 Å². The number of nitrogens with two attached hydrogens (primary N) is 1. The number of aliphatic hydroxyl groups is 1. The summed E-state index contributed by atoms with van der Waals surface area (Å²) in [6.45, 7) is 5.96. The number of carbonyl (C=O) groups is 2. The van der Waals surface area contributed by atoms with Gasteiger partial charge in [0.05, 0.1) is 11.1 Å². The molecule has 3 aromatic rings. The molecule has 10 nitrogen and oxygen atoms in total. The maximum atomic E-state index is 14.2. The van der Waals surface area contributed by atoms with Gasteiger partial charge in [0, 0.05) is 53.1 Å². The SMILES string of the molecule is CC1(C)CN(C(=O)c2ccc(NC(=O)c3cc(O[C@H]([B]C#CO)c4c(Cl)ccc(F)c4Cl)c(N)nn3)cc2)CCN1. The van der Waals surface area contributed by atoms with E-state index in [1.165, 1.54) is 19.4 Å². The Morgan fingerprint density at radius 1 is 1.24 bits per heavy atom. The first kappa shape index (κ1) is 29.9. The summed E-state index contributed by atoms with van der Waals surface area (Å²) in [7, 11) is 1.18. The summed E-state index contributed by atoms with van der Waals surface area (Å²) < 4.78 is 20.0. The van der Waals surface area contributed by atoms with E-state index < -0.39 is 17.7 Å². The molecule has 0 bridgehead atoms. The molecule has 0 saturated carbocycles. The molecule has 1 atom stereocenters. The third kappa shape index (κ3) is 7.19. The molecule has 2 amide bonds. The van der Waals surface area contributed by atoms with Gasteiger partial charge in [0.2, 0.25) is 0 Å². The lowest BCUT2D eigenvalue weighted by atomic mass is 9.69. The fourth-order valence-electron chi connectivity index (χ4n) is 4.21. The van der Waals surface area contributed by atoms with Crippen LogP contribution in [0.25, 0.3) is 0 Å². The average Bonchev–Trinajstić information content (AvgIpc) is 2.94. The number of hydrogen-bond donors (Lipinski definition) is 4. The second-order valence-electron chi connectivity index (χ2n) is 9.77. The Morgan fingerprint density at radius 2 is 1.98 bits per heavy atom. The van der Waals surface area contributed by atoms with Gasteiger partial charge in [-0.15, -0.1) is 16.0 Å². The predicted molar refractivity (Wildman–Crippen MR) is 154 cm³/mol. The van der Waals surface area contributed by atoms with Gasteiger partial charge in [0.1, 0.15) is 11.8 Å². The second kappa shape index (κ2) is 12.6. The van der Waals surface area contributed by atoms with Gasteiger partial charge in [-0.1, -0.05) is 23.2 Å². The Kier molecular flexibility index (Phi) is 9.23. The quantitative estimate of drug-likeness (QED) is 0.184. The molecule has 0 aliphatic carbocycles. The molecule has 4 rings (SSSR count). The number of nitrogen functional groups attached to an aromatic ring is 1. The van der Waals surface area contributed by atoms with Crippen molar-refractivity contribution in [2.45, 2.75) is 25.4 Å². The molecular weight excluding hydrogens is 573 g/mol. The van der Waals surface area contributed by atoms with Crippen molar-refractivity contribution in [2.75, 3.05) is 30.7 Å². The van der Waals surface area contributed by atoms with Crippen molar-refractivity contribution in [3.05, 3.63) is 75.1 Å². The largest absolute Gasteiger partial charge is 0.490 e. The van der Waals surface area contributed by atoms with Gasteiger partial charge in [0.25, 0.3) is 19.1 Å². The lowest BCUT2D eigenvalue weighted by Crippen LogP contribution is -2.58. The minimum Gasteiger partial charge on any atom is -0.490 e. The van der Waals surface area contributed by atoms with Crippen molar-refractivity contribution >= 4 is 53.8 Å². The van der Waals surface area contributed by atoms with Gasteiger partial charge < -0.3 is 31.1 Å². The van der Waals surface area contributed by atoms with E-state index >= 15 is 0 Å². The highest BCUT2D eigenvalue weighted by Gasteiger charge is 2.29. The average molecular weight is 598 g/mol. The first-order valence-electron chi connectivity index (χ1n) is 12.4. The number of nitrogens with one attached hydrogen (secondary N) is 2. The van der Waals surface area contributed by atoms with Crippen molar-refractivity contribution in [1.29, 1.82) is 0 Å². The van der Waals surface area contributed by atoms with Gasteiger partial charge in [0.15, 0.2) is 17.3 Å². The first-order valence-corrected chi connectivity index (χ1v) is 13.1. The molecule has 2 heterocycles. The molecule has 41 heavy (non-hydrogen) atoms. The lowest BCUT2D eigenvalue weighted by Gasteiger charge is -2.39. The Labute approximate surface area is 246 Å². The number of nitrogens with zero attached hydrogens (tertiary/aromatic N) is 3. The summed E-state index contributed by atoms with van der Waals surface area (Å²) in [5, 5.41) is 22.4. The number of hydrogen-bond acceptors (Lipinski definition) is 8. The zero-order valence-electron chi connectivity index (χ0n) is 22.0. The normalized spacial score (nSPS) is 14.8. The number of aliphatic hydroxyl groups excluding tert-OH is 1. The monoisotopic (exact) mass is 597 g/mol. The maximum absolute atomic E-state index is 14.2. The Balaban J connectivity index is 1.50. The molecule has 1 radical (unpaired) electrons. The number of benzene rings is 2. The molecule has 211 valence electrons. The molecule has 14 heteroatoms. The van der Waals surface area contributed by atoms with Crippen molar-refractivity contribution in [1.82, 2.24) is 20.4 Å². The standard InChI is InChI=1S/C27H25BCl2FN6O4/c1-27(2)14-37(11-10-33-27)26(40)15-3-5-16(6-4-15)34-25(39)19-13-20(24(32)36-35-19)41-23(28-9-12-38)21-17(29)7-8-18(31)22(21)30/h3-8,13,23,33,38H,10-11,14H2,1-2H3,(H2,32,36)(H,34,39)/t23-/m0/s1. The van der Waals surface area contributed by atoms with Gasteiger partial charge in [-0.2, -0.15) is 0 Å². The molecule has 0 unspecified atom stereocenters. The topological polar surface area (TPSA) is 143 Å². The summed E-state index contributed by atoms with van der Waals surface area (Å²) in [6, 6.07) is 8.87. The van der Waals surface area contributed by atoms with E-state index in [1.807, 2.05) is 13.8 Å². The van der Waals surface area contributed by atoms with Crippen LogP contribution >= 0.6 is 23.2 Å². The number of aromatic nitrogens is 2. The van der Waals surface area contributed by atoms with Gasteiger partial charge >= 0.3 is 0 Å². The van der Waals surface area contributed by atoms with Crippen LogP contribution in [0.4, 0.5) is 15.9 Å². The highest BCUT2D eigenvalue weighted by molar-refractivity contribution is 6.49.